The van der Waals surface area contributed by atoms with Crippen LogP contribution < -0.4 is 10.2 Å². The summed E-state index contributed by atoms with van der Waals surface area (Å²) in [6.45, 7) is 4.19. The van der Waals surface area contributed by atoms with Crippen LogP contribution >= 0.6 is 28.1 Å². The summed E-state index contributed by atoms with van der Waals surface area (Å²) in [5.41, 5.74) is 5.32. The Labute approximate surface area is 193 Å². The van der Waals surface area contributed by atoms with E-state index in [0.717, 1.165) is 32.8 Å². The molecule has 4 aromatic rings. The number of rotatable bonds is 4. The fraction of sp³-hybridized carbons (Fsp3) is 0.182. The molecule has 1 aliphatic heterocycles. The summed E-state index contributed by atoms with van der Waals surface area (Å²) in [5.74, 6) is 0. The minimum absolute atomic E-state index is 0.0694. The predicted molar refractivity (Wildman–Crippen MR) is 127 cm³/mol. The molecular weight excluding hydrogens is 474 g/mol. The standard InChI is InChI=1S/C22H20BrN7S/c1-14-11-18(15(2)30(14)28-12-25-26-13-28)21-20(19-5-3-4-10-24-19)27-22(31)29(21)17-8-6-16(23)7-9-17/h3-13,20-21H,1-2H3,(H,27,31). The zero-order chi connectivity index (χ0) is 21.5. The molecule has 1 N–H and O–H groups in total. The lowest BCUT2D eigenvalue weighted by Gasteiger charge is -2.28. The second-order valence-electron chi connectivity index (χ2n) is 7.45. The van der Waals surface area contributed by atoms with Crippen LogP contribution in [-0.4, -0.2) is 29.6 Å². The highest BCUT2D eigenvalue weighted by Gasteiger charge is 2.42. The Bertz CT molecular complexity index is 1220. The third kappa shape index (κ3) is 3.43. The fourth-order valence-corrected chi connectivity index (χ4v) is 4.89. The van der Waals surface area contributed by atoms with Crippen LogP contribution in [0, 0.1) is 13.8 Å². The number of nitrogens with one attached hydrogen (secondary N) is 1. The van der Waals surface area contributed by atoms with E-state index in [1.165, 1.54) is 0 Å². The molecule has 1 aromatic carbocycles. The second-order valence-corrected chi connectivity index (χ2v) is 8.76. The van der Waals surface area contributed by atoms with Crippen molar-refractivity contribution in [3.05, 3.63) is 94.5 Å². The number of anilines is 1. The van der Waals surface area contributed by atoms with Gasteiger partial charge in [-0.2, -0.15) is 0 Å². The average Bonchev–Trinajstić information content (AvgIpc) is 3.47. The molecular formula is C22H20BrN7S. The van der Waals surface area contributed by atoms with E-state index in [4.69, 9.17) is 12.2 Å². The van der Waals surface area contributed by atoms with Gasteiger partial charge in [0.25, 0.3) is 0 Å². The lowest BCUT2D eigenvalue weighted by Crippen LogP contribution is -2.29. The van der Waals surface area contributed by atoms with E-state index in [-0.39, 0.29) is 12.1 Å². The van der Waals surface area contributed by atoms with Gasteiger partial charge in [0.1, 0.15) is 12.7 Å². The van der Waals surface area contributed by atoms with E-state index in [1.807, 2.05) is 41.2 Å². The van der Waals surface area contributed by atoms with Gasteiger partial charge in [-0.25, -0.2) is 4.68 Å². The van der Waals surface area contributed by atoms with E-state index in [2.05, 4.69) is 78.1 Å². The van der Waals surface area contributed by atoms with Gasteiger partial charge in [0, 0.05) is 33.3 Å². The molecule has 5 rings (SSSR count). The molecule has 0 bridgehead atoms. The Hall–Kier alpha value is -3.04. The zero-order valence-corrected chi connectivity index (χ0v) is 19.4. The molecule has 7 nitrogen and oxygen atoms in total. The van der Waals surface area contributed by atoms with Gasteiger partial charge in [0.2, 0.25) is 0 Å². The number of hydrogen-bond donors (Lipinski definition) is 1. The summed E-state index contributed by atoms with van der Waals surface area (Å²) in [7, 11) is 0. The number of benzene rings is 1. The van der Waals surface area contributed by atoms with Crippen molar-refractivity contribution < 1.29 is 0 Å². The van der Waals surface area contributed by atoms with Crippen molar-refractivity contribution in [3.8, 4) is 0 Å². The van der Waals surface area contributed by atoms with E-state index in [9.17, 15) is 0 Å². The molecule has 0 amide bonds. The molecule has 3 aromatic heterocycles. The van der Waals surface area contributed by atoms with Crippen LogP contribution in [0.4, 0.5) is 5.69 Å². The molecule has 4 heterocycles. The van der Waals surface area contributed by atoms with Gasteiger partial charge >= 0.3 is 0 Å². The van der Waals surface area contributed by atoms with E-state index in [0.29, 0.717) is 5.11 Å². The smallest absolute Gasteiger partial charge is 0.174 e. The molecule has 0 aliphatic carbocycles. The van der Waals surface area contributed by atoms with Gasteiger partial charge in [-0.05, 0) is 68.5 Å². The number of nitrogens with zero attached hydrogens (tertiary/aromatic N) is 6. The van der Waals surface area contributed by atoms with Crippen LogP contribution in [0.15, 0.2) is 71.9 Å². The number of aryl methyl sites for hydroxylation is 1. The van der Waals surface area contributed by atoms with Gasteiger partial charge < -0.3 is 10.2 Å². The molecule has 2 atom stereocenters. The highest BCUT2D eigenvalue weighted by molar-refractivity contribution is 9.10. The first kappa shape index (κ1) is 19.9. The Morgan fingerprint density at radius 2 is 1.77 bits per heavy atom. The van der Waals surface area contributed by atoms with Crippen LogP contribution in [0.3, 0.4) is 0 Å². The van der Waals surface area contributed by atoms with Crippen molar-refractivity contribution in [2.24, 2.45) is 0 Å². The maximum absolute atomic E-state index is 5.82. The third-order valence-corrected chi connectivity index (χ3v) is 6.44. The summed E-state index contributed by atoms with van der Waals surface area (Å²) in [5, 5.41) is 12.1. The monoisotopic (exact) mass is 493 g/mol. The van der Waals surface area contributed by atoms with Gasteiger partial charge in [-0.1, -0.05) is 22.0 Å². The number of thiocarbonyl (C=S) groups is 1. The van der Waals surface area contributed by atoms with E-state index >= 15 is 0 Å². The van der Waals surface area contributed by atoms with Crippen LogP contribution in [0.2, 0.25) is 0 Å². The minimum atomic E-state index is -0.0905. The van der Waals surface area contributed by atoms with E-state index in [1.54, 1.807) is 12.7 Å². The van der Waals surface area contributed by atoms with Crippen molar-refractivity contribution >= 4 is 38.9 Å². The lowest BCUT2D eigenvalue weighted by molar-refractivity contribution is 0.557. The number of halogens is 1. The maximum Gasteiger partial charge on any atom is 0.174 e. The van der Waals surface area contributed by atoms with Gasteiger partial charge in [0.15, 0.2) is 5.11 Å². The fourth-order valence-electron chi connectivity index (χ4n) is 4.28. The third-order valence-electron chi connectivity index (χ3n) is 5.59. The second kappa shape index (κ2) is 7.90. The molecule has 1 aliphatic rings. The summed E-state index contributed by atoms with van der Waals surface area (Å²) in [6.07, 6.45) is 5.22. The van der Waals surface area contributed by atoms with Crippen molar-refractivity contribution in [2.75, 3.05) is 4.90 Å². The van der Waals surface area contributed by atoms with Crippen molar-refractivity contribution in [1.29, 1.82) is 0 Å². The normalized spacial score (nSPS) is 18.4. The SMILES string of the molecule is Cc1cc(C2C(c3ccccn3)NC(=S)N2c2ccc(Br)cc2)c(C)n1-n1cnnc1. The number of pyridine rings is 1. The average molecular weight is 494 g/mol. The molecule has 2 unspecified atom stereocenters. The highest BCUT2D eigenvalue weighted by Crippen LogP contribution is 2.43. The quantitative estimate of drug-likeness (QED) is 0.426. The molecule has 156 valence electrons. The topological polar surface area (TPSA) is 63.8 Å². The molecule has 1 fully saturated rings. The van der Waals surface area contributed by atoms with Gasteiger partial charge in [0.05, 0.1) is 17.8 Å². The summed E-state index contributed by atoms with van der Waals surface area (Å²) in [6, 6.07) is 16.2. The lowest BCUT2D eigenvalue weighted by atomic mass is 9.96. The van der Waals surface area contributed by atoms with Crippen molar-refractivity contribution in [1.82, 2.24) is 29.9 Å². The van der Waals surface area contributed by atoms with Crippen LogP contribution in [0.5, 0.6) is 0 Å². The summed E-state index contributed by atoms with van der Waals surface area (Å²) < 4.78 is 5.01. The minimum Gasteiger partial charge on any atom is -0.351 e. The number of hydrogen-bond acceptors (Lipinski definition) is 4. The molecule has 31 heavy (non-hydrogen) atoms. The first-order valence-electron chi connectivity index (χ1n) is 9.85. The Balaban J connectivity index is 1.68. The largest absolute Gasteiger partial charge is 0.351 e. The maximum atomic E-state index is 5.82. The first-order chi connectivity index (χ1) is 15.0. The van der Waals surface area contributed by atoms with Crippen molar-refractivity contribution in [3.63, 3.8) is 0 Å². The van der Waals surface area contributed by atoms with Crippen LogP contribution in [-0.2, 0) is 0 Å². The van der Waals surface area contributed by atoms with E-state index < -0.39 is 0 Å². The molecule has 0 saturated carbocycles. The molecule has 0 radical (unpaired) electrons. The highest BCUT2D eigenvalue weighted by atomic mass is 79.9. The molecule has 1 saturated heterocycles. The van der Waals surface area contributed by atoms with Gasteiger partial charge in [-0.15, -0.1) is 10.2 Å². The molecule has 0 spiro atoms. The zero-order valence-electron chi connectivity index (χ0n) is 17.0. The summed E-state index contributed by atoms with van der Waals surface area (Å²) in [4.78, 5) is 6.81. The Morgan fingerprint density at radius 3 is 2.45 bits per heavy atom. The Kier molecular flexibility index (Phi) is 5.07. The number of aromatic nitrogens is 5. The van der Waals surface area contributed by atoms with Crippen LogP contribution in [0.25, 0.3) is 0 Å². The van der Waals surface area contributed by atoms with Crippen LogP contribution in [0.1, 0.15) is 34.7 Å². The first-order valence-corrected chi connectivity index (χ1v) is 11.0. The molecule has 9 heteroatoms. The Morgan fingerprint density at radius 1 is 1.03 bits per heavy atom. The predicted octanol–water partition coefficient (Wildman–Crippen LogP) is 4.34. The van der Waals surface area contributed by atoms with Gasteiger partial charge in [-0.3, -0.25) is 9.66 Å². The van der Waals surface area contributed by atoms with Crippen molar-refractivity contribution in [2.45, 2.75) is 25.9 Å². The summed E-state index contributed by atoms with van der Waals surface area (Å²) >= 11 is 9.34.